The lowest BCUT2D eigenvalue weighted by molar-refractivity contribution is -0.114. The van der Waals surface area contributed by atoms with Gasteiger partial charge in [-0.2, -0.15) is 0 Å². The summed E-state index contributed by atoms with van der Waals surface area (Å²) in [5, 5.41) is 6.54. The normalized spacial score (nSPS) is 10.3. The monoisotopic (exact) mass is 400 g/mol. The molecule has 3 aromatic carbocycles. The van der Waals surface area contributed by atoms with Crippen molar-refractivity contribution in [1.82, 2.24) is 0 Å². The third kappa shape index (κ3) is 5.39. The Balaban J connectivity index is 1.59. The van der Waals surface area contributed by atoms with E-state index < -0.39 is 0 Å². The highest BCUT2D eigenvalue weighted by atomic mass is 35.5. The van der Waals surface area contributed by atoms with Crippen molar-refractivity contribution >= 4 is 40.5 Å². The Morgan fingerprint density at radius 2 is 1.56 bits per heavy atom. The Morgan fingerprint density at radius 1 is 0.852 bits per heavy atom. The first kappa shape index (κ1) is 19.1. The van der Waals surface area contributed by atoms with Gasteiger partial charge in [-0.25, -0.2) is 0 Å². The predicted molar refractivity (Wildman–Crippen MR) is 111 cm³/mol. The minimum atomic E-state index is -0.239. The first-order valence-corrected chi connectivity index (χ1v) is 9.12. The van der Waals surface area contributed by atoms with Crippen molar-refractivity contribution in [1.29, 1.82) is 0 Å². The van der Waals surface area contributed by atoms with Crippen LogP contribution in [0.3, 0.4) is 0 Å². The lowest BCUT2D eigenvalue weighted by Gasteiger charge is -2.14. The summed E-state index contributed by atoms with van der Waals surface area (Å²) in [5.74, 6) is 0.437. The van der Waals surface area contributed by atoms with Crippen molar-refractivity contribution in [3.05, 3.63) is 88.4 Å². The summed E-state index contributed by atoms with van der Waals surface area (Å²) < 4.78 is 5.88. The van der Waals surface area contributed by atoms with Crippen molar-refractivity contribution < 1.29 is 9.53 Å². The molecule has 0 aliphatic heterocycles. The van der Waals surface area contributed by atoms with Gasteiger partial charge in [-0.3, -0.25) is 4.79 Å². The van der Waals surface area contributed by atoms with Crippen molar-refractivity contribution in [3.63, 3.8) is 0 Å². The van der Waals surface area contributed by atoms with Crippen LogP contribution in [0.15, 0.2) is 72.8 Å². The van der Waals surface area contributed by atoms with Gasteiger partial charge in [0.05, 0.1) is 28.0 Å². The molecule has 138 valence electrons. The summed E-state index contributed by atoms with van der Waals surface area (Å²) in [6.07, 6.45) is 0. The largest absolute Gasteiger partial charge is 0.487 e. The van der Waals surface area contributed by atoms with E-state index in [0.717, 1.165) is 11.3 Å². The number of anilines is 2. The number of halogens is 2. The smallest absolute Gasteiger partial charge is 0.243 e. The molecule has 6 heteroatoms. The number of nitrogens with one attached hydrogen (secondary N) is 2. The topological polar surface area (TPSA) is 50.4 Å². The van der Waals surface area contributed by atoms with Crippen LogP contribution < -0.4 is 15.4 Å². The van der Waals surface area contributed by atoms with Gasteiger partial charge in [0.2, 0.25) is 5.91 Å². The Labute approximate surface area is 168 Å². The van der Waals surface area contributed by atoms with Gasteiger partial charge >= 0.3 is 0 Å². The SMILES string of the molecule is O=C(CNc1ccccc1OCc1ccccc1)Nc1cccc(Cl)c1Cl. The van der Waals surface area contributed by atoms with Crippen molar-refractivity contribution in [2.75, 3.05) is 17.2 Å². The summed E-state index contributed by atoms with van der Waals surface area (Å²) in [7, 11) is 0. The van der Waals surface area contributed by atoms with Crippen LogP contribution in [0.25, 0.3) is 0 Å². The molecule has 0 aliphatic rings. The van der Waals surface area contributed by atoms with Crippen molar-refractivity contribution in [2.24, 2.45) is 0 Å². The first-order valence-electron chi connectivity index (χ1n) is 8.37. The van der Waals surface area contributed by atoms with Crippen LogP contribution >= 0.6 is 23.2 Å². The molecule has 0 atom stereocenters. The molecular weight excluding hydrogens is 383 g/mol. The van der Waals surface area contributed by atoms with Crippen LogP contribution in [0.5, 0.6) is 5.75 Å². The number of hydrogen-bond acceptors (Lipinski definition) is 3. The van der Waals surface area contributed by atoms with Gasteiger partial charge in [-0.05, 0) is 29.8 Å². The average Bonchev–Trinajstić information content (AvgIpc) is 2.70. The lowest BCUT2D eigenvalue weighted by atomic mass is 10.2. The molecule has 0 bridgehead atoms. The molecule has 2 N–H and O–H groups in total. The second-order valence-electron chi connectivity index (χ2n) is 5.77. The number of rotatable bonds is 7. The third-order valence-corrected chi connectivity index (χ3v) is 4.61. The van der Waals surface area contributed by atoms with Crippen LogP contribution in [0.4, 0.5) is 11.4 Å². The first-order chi connectivity index (χ1) is 13.1. The molecule has 0 unspecified atom stereocenters. The maximum Gasteiger partial charge on any atom is 0.243 e. The van der Waals surface area contributed by atoms with E-state index in [4.69, 9.17) is 27.9 Å². The molecule has 27 heavy (non-hydrogen) atoms. The molecule has 0 radical (unpaired) electrons. The fourth-order valence-electron chi connectivity index (χ4n) is 2.44. The molecule has 0 saturated carbocycles. The number of ether oxygens (including phenoxy) is 1. The maximum atomic E-state index is 12.2. The second kappa shape index (κ2) is 9.31. The number of hydrogen-bond donors (Lipinski definition) is 2. The molecule has 4 nitrogen and oxygen atoms in total. The van der Waals surface area contributed by atoms with Gasteiger partial charge in [-0.15, -0.1) is 0 Å². The van der Waals surface area contributed by atoms with E-state index in [9.17, 15) is 4.79 Å². The van der Waals surface area contributed by atoms with Crippen molar-refractivity contribution in [2.45, 2.75) is 6.61 Å². The minimum absolute atomic E-state index is 0.0640. The fraction of sp³-hybridized carbons (Fsp3) is 0.0952. The molecule has 3 rings (SSSR count). The summed E-state index contributed by atoms with van der Waals surface area (Å²) >= 11 is 12.1. The van der Waals surface area contributed by atoms with Gasteiger partial charge in [0.15, 0.2) is 0 Å². The highest BCUT2D eigenvalue weighted by Crippen LogP contribution is 2.29. The molecule has 0 spiro atoms. The van der Waals surface area contributed by atoms with E-state index in [1.165, 1.54) is 0 Å². The Bertz CT molecular complexity index is 917. The molecule has 0 aromatic heterocycles. The van der Waals surface area contributed by atoms with Crippen LogP contribution in [0, 0.1) is 0 Å². The molecule has 0 heterocycles. The molecule has 0 saturated heterocycles. The Kier molecular flexibility index (Phi) is 6.58. The molecule has 0 fully saturated rings. The quantitative estimate of drug-likeness (QED) is 0.540. The van der Waals surface area contributed by atoms with Crippen LogP contribution in [-0.2, 0) is 11.4 Å². The third-order valence-electron chi connectivity index (χ3n) is 3.79. The zero-order valence-corrected chi connectivity index (χ0v) is 15.9. The van der Waals surface area contributed by atoms with Crippen LogP contribution in [-0.4, -0.2) is 12.5 Å². The highest BCUT2D eigenvalue weighted by Gasteiger charge is 2.09. The van der Waals surface area contributed by atoms with E-state index in [1.54, 1.807) is 18.2 Å². The number of para-hydroxylation sites is 2. The number of benzene rings is 3. The number of carbonyl (C=O) groups excluding carboxylic acids is 1. The summed E-state index contributed by atoms with van der Waals surface area (Å²) in [6.45, 7) is 0.512. The minimum Gasteiger partial charge on any atom is -0.487 e. The van der Waals surface area contributed by atoms with Gasteiger partial charge < -0.3 is 15.4 Å². The van der Waals surface area contributed by atoms with E-state index in [2.05, 4.69) is 10.6 Å². The van der Waals surface area contributed by atoms with Gasteiger partial charge in [0.1, 0.15) is 12.4 Å². The van der Waals surface area contributed by atoms with Gasteiger partial charge in [0.25, 0.3) is 0 Å². The van der Waals surface area contributed by atoms with Crippen molar-refractivity contribution in [3.8, 4) is 5.75 Å². The predicted octanol–water partition coefficient (Wildman–Crippen LogP) is 5.62. The zero-order chi connectivity index (χ0) is 19.1. The average molecular weight is 401 g/mol. The zero-order valence-electron chi connectivity index (χ0n) is 14.4. The molecular formula is C21H18Cl2N2O2. The summed E-state index contributed by atoms with van der Waals surface area (Å²) in [6, 6.07) is 22.5. The second-order valence-corrected chi connectivity index (χ2v) is 6.56. The van der Waals surface area contributed by atoms with Gasteiger partial charge in [0, 0.05) is 0 Å². The Morgan fingerprint density at radius 3 is 2.37 bits per heavy atom. The summed E-state index contributed by atoms with van der Waals surface area (Å²) in [5.41, 5.74) is 2.28. The highest BCUT2D eigenvalue weighted by molar-refractivity contribution is 6.44. The standard InChI is InChI=1S/C21H18Cl2N2O2/c22-16-9-6-11-18(21(16)23)25-20(26)13-24-17-10-4-5-12-19(17)27-14-15-7-2-1-3-8-15/h1-12,24H,13-14H2,(H,25,26). The van der Waals surface area contributed by atoms with E-state index in [0.29, 0.717) is 28.1 Å². The molecule has 0 aliphatic carbocycles. The lowest BCUT2D eigenvalue weighted by Crippen LogP contribution is -2.22. The molecule has 1 amide bonds. The van der Waals surface area contributed by atoms with Gasteiger partial charge in [-0.1, -0.05) is 71.7 Å². The molecule has 3 aromatic rings. The van der Waals surface area contributed by atoms with E-state index in [1.807, 2.05) is 54.6 Å². The summed E-state index contributed by atoms with van der Waals surface area (Å²) in [4.78, 5) is 12.2. The number of amides is 1. The maximum absolute atomic E-state index is 12.2. The fourth-order valence-corrected chi connectivity index (χ4v) is 2.79. The Hall–Kier alpha value is -2.69. The van der Waals surface area contributed by atoms with Crippen LogP contribution in [0.1, 0.15) is 5.56 Å². The van der Waals surface area contributed by atoms with E-state index >= 15 is 0 Å². The van der Waals surface area contributed by atoms with Crippen LogP contribution in [0.2, 0.25) is 10.0 Å². The van der Waals surface area contributed by atoms with E-state index in [-0.39, 0.29) is 12.5 Å². The number of carbonyl (C=O) groups is 1.